The minimum atomic E-state index is -0.879. The quantitative estimate of drug-likeness (QED) is 0.685. The van der Waals surface area contributed by atoms with Gasteiger partial charge in [-0.2, -0.15) is 5.26 Å². The summed E-state index contributed by atoms with van der Waals surface area (Å²) in [5.41, 5.74) is -0.879. The molecule has 0 aromatic rings. The van der Waals surface area contributed by atoms with Crippen LogP contribution in [0, 0.1) is 17.2 Å². The molecule has 30 heavy (non-hydrogen) atoms. The lowest BCUT2D eigenvalue weighted by Gasteiger charge is -2.32. The SMILES string of the molecule is CC(C)N1CCC(C#N)(NC(=O)C(CC2CCCCC2)NC(=O)N2CCOCC2)C1. The lowest BCUT2D eigenvalue weighted by atomic mass is 9.84. The van der Waals surface area contributed by atoms with Crippen molar-refractivity contribution in [1.82, 2.24) is 20.4 Å². The van der Waals surface area contributed by atoms with Crippen molar-refractivity contribution in [3.05, 3.63) is 0 Å². The van der Waals surface area contributed by atoms with Gasteiger partial charge < -0.3 is 20.3 Å². The number of morpholine rings is 1. The van der Waals surface area contributed by atoms with E-state index in [-0.39, 0.29) is 11.9 Å². The van der Waals surface area contributed by atoms with E-state index in [4.69, 9.17) is 4.74 Å². The van der Waals surface area contributed by atoms with Crippen LogP contribution in [0.1, 0.15) is 58.8 Å². The summed E-state index contributed by atoms with van der Waals surface area (Å²) in [6, 6.07) is 1.86. The van der Waals surface area contributed by atoms with Gasteiger partial charge in [-0.3, -0.25) is 9.69 Å². The Hall–Kier alpha value is -1.85. The molecule has 8 nitrogen and oxygen atoms in total. The first kappa shape index (κ1) is 22.8. The molecule has 0 aromatic carbocycles. The number of rotatable bonds is 6. The third-order valence-corrected chi connectivity index (χ3v) is 6.81. The number of nitriles is 1. The van der Waals surface area contributed by atoms with Gasteiger partial charge in [0.15, 0.2) is 0 Å². The molecule has 2 saturated heterocycles. The molecule has 0 radical (unpaired) electrons. The fourth-order valence-electron chi connectivity index (χ4n) is 4.82. The Balaban J connectivity index is 1.67. The van der Waals surface area contributed by atoms with Crippen LogP contribution in [0.25, 0.3) is 0 Å². The van der Waals surface area contributed by atoms with Crippen LogP contribution in [0.5, 0.6) is 0 Å². The number of urea groups is 1. The third kappa shape index (κ3) is 5.86. The standard InChI is InChI=1S/C22H37N5O3/c1-17(2)27-9-8-22(15-23,16-27)25-20(28)19(14-18-6-4-3-5-7-18)24-21(29)26-10-12-30-13-11-26/h17-19H,3-14,16H2,1-2H3,(H,24,29)(H,25,28). The molecule has 2 unspecified atom stereocenters. The summed E-state index contributed by atoms with van der Waals surface area (Å²) in [5, 5.41) is 15.9. The fourth-order valence-corrected chi connectivity index (χ4v) is 4.82. The Morgan fingerprint density at radius 2 is 1.87 bits per heavy atom. The van der Waals surface area contributed by atoms with Crippen LogP contribution < -0.4 is 10.6 Å². The smallest absolute Gasteiger partial charge is 0.318 e. The van der Waals surface area contributed by atoms with Crippen molar-refractivity contribution >= 4 is 11.9 Å². The molecule has 3 fully saturated rings. The molecule has 3 amide bonds. The molecule has 8 heteroatoms. The van der Waals surface area contributed by atoms with E-state index >= 15 is 0 Å². The number of ether oxygens (including phenoxy) is 1. The number of nitrogens with zero attached hydrogens (tertiary/aromatic N) is 3. The van der Waals surface area contributed by atoms with Gasteiger partial charge in [-0.05, 0) is 32.6 Å². The summed E-state index contributed by atoms with van der Waals surface area (Å²) in [5.74, 6) is 0.211. The van der Waals surface area contributed by atoms with Crippen molar-refractivity contribution in [2.24, 2.45) is 5.92 Å². The number of carbonyl (C=O) groups is 2. The fraction of sp³-hybridized carbons (Fsp3) is 0.864. The van der Waals surface area contributed by atoms with Gasteiger partial charge in [0.05, 0.1) is 19.3 Å². The van der Waals surface area contributed by atoms with E-state index < -0.39 is 11.6 Å². The zero-order chi connectivity index (χ0) is 21.6. The molecule has 2 N–H and O–H groups in total. The largest absolute Gasteiger partial charge is 0.378 e. The Bertz CT molecular complexity index is 637. The molecule has 2 aliphatic heterocycles. The highest BCUT2D eigenvalue weighted by atomic mass is 16.5. The zero-order valence-corrected chi connectivity index (χ0v) is 18.5. The van der Waals surface area contributed by atoms with Crippen LogP contribution in [0.15, 0.2) is 0 Å². The average Bonchev–Trinajstić information content (AvgIpc) is 3.19. The van der Waals surface area contributed by atoms with Crippen molar-refractivity contribution in [3.63, 3.8) is 0 Å². The maximum Gasteiger partial charge on any atom is 0.318 e. The molecule has 1 aliphatic carbocycles. The van der Waals surface area contributed by atoms with Gasteiger partial charge in [0.1, 0.15) is 11.6 Å². The molecule has 168 valence electrons. The van der Waals surface area contributed by atoms with E-state index in [2.05, 4.69) is 35.5 Å². The first-order valence-corrected chi connectivity index (χ1v) is 11.5. The Labute approximate surface area is 180 Å². The summed E-state index contributed by atoms with van der Waals surface area (Å²) in [6.45, 7) is 7.64. The molecule has 2 atom stereocenters. The molecule has 2 heterocycles. The second kappa shape index (κ2) is 10.5. The highest BCUT2D eigenvalue weighted by Gasteiger charge is 2.42. The minimum Gasteiger partial charge on any atom is -0.378 e. The van der Waals surface area contributed by atoms with Gasteiger partial charge >= 0.3 is 6.03 Å². The second-order valence-electron chi connectivity index (χ2n) is 9.34. The van der Waals surface area contributed by atoms with Crippen molar-refractivity contribution in [2.75, 3.05) is 39.4 Å². The van der Waals surface area contributed by atoms with E-state index in [1.54, 1.807) is 4.90 Å². The van der Waals surface area contributed by atoms with Crippen molar-refractivity contribution in [1.29, 1.82) is 5.26 Å². The molecule has 1 saturated carbocycles. The minimum absolute atomic E-state index is 0.213. The lowest BCUT2D eigenvalue weighted by Crippen LogP contribution is -2.58. The summed E-state index contributed by atoms with van der Waals surface area (Å²) in [7, 11) is 0. The molecular weight excluding hydrogens is 382 g/mol. The number of hydrogen-bond donors (Lipinski definition) is 2. The van der Waals surface area contributed by atoms with Gasteiger partial charge in [0.25, 0.3) is 0 Å². The first-order valence-electron chi connectivity index (χ1n) is 11.5. The van der Waals surface area contributed by atoms with Gasteiger partial charge in [-0.25, -0.2) is 4.79 Å². The van der Waals surface area contributed by atoms with E-state index in [1.807, 2.05) is 0 Å². The Morgan fingerprint density at radius 3 is 2.47 bits per heavy atom. The molecule has 0 aromatic heterocycles. The highest BCUT2D eigenvalue weighted by Crippen LogP contribution is 2.28. The zero-order valence-electron chi connectivity index (χ0n) is 18.5. The van der Waals surface area contributed by atoms with Gasteiger partial charge in [-0.1, -0.05) is 32.1 Å². The summed E-state index contributed by atoms with van der Waals surface area (Å²) >= 11 is 0. The van der Waals surface area contributed by atoms with Crippen molar-refractivity contribution < 1.29 is 14.3 Å². The number of carbonyl (C=O) groups excluding carboxylic acids is 2. The van der Waals surface area contributed by atoms with Gasteiger partial charge in [0, 0.05) is 32.2 Å². The molecule has 3 aliphatic rings. The van der Waals surface area contributed by atoms with Crippen LogP contribution in [0.3, 0.4) is 0 Å². The van der Waals surface area contributed by atoms with Crippen LogP contribution in [0.4, 0.5) is 4.79 Å². The van der Waals surface area contributed by atoms with E-state index in [1.165, 1.54) is 19.3 Å². The van der Waals surface area contributed by atoms with Crippen LogP contribution in [-0.2, 0) is 9.53 Å². The summed E-state index contributed by atoms with van der Waals surface area (Å²) < 4.78 is 5.33. The van der Waals surface area contributed by atoms with E-state index in [9.17, 15) is 14.9 Å². The number of amides is 3. The van der Waals surface area contributed by atoms with E-state index in [0.29, 0.717) is 57.6 Å². The normalized spacial score (nSPS) is 26.9. The van der Waals surface area contributed by atoms with Crippen LogP contribution in [-0.4, -0.2) is 78.8 Å². The topological polar surface area (TPSA) is 97.7 Å². The number of nitrogens with one attached hydrogen (secondary N) is 2. The number of hydrogen-bond acceptors (Lipinski definition) is 5. The van der Waals surface area contributed by atoms with Crippen molar-refractivity contribution in [2.45, 2.75) is 76.4 Å². The molecule has 0 spiro atoms. The maximum absolute atomic E-state index is 13.3. The summed E-state index contributed by atoms with van der Waals surface area (Å²) in [6.07, 6.45) is 7.06. The van der Waals surface area contributed by atoms with Crippen LogP contribution >= 0.6 is 0 Å². The predicted molar refractivity (Wildman–Crippen MR) is 114 cm³/mol. The molecular formula is C22H37N5O3. The number of likely N-dealkylation sites (tertiary alicyclic amines) is 1. The molecule has 3 rings (SSSR count). The third-order valence-electron chi connectivity index (χ3n) is 6.81. The predicted octanol–water partition coefficient (Wildman–Crippen LogP) is 1.86. The van der Waals surface area contributed by atoms with Gasteiger partial charge in [-0.15, -0.1) is 0 Å². The monoisotopic (exact) mass is 419 g/mol. The summed E-state index contributed by atoms with van der Waals surface area (Å²) in [4.78, 5) is 30.0. The van der Waals surface area contributed by atoms with Crippen molar-refractivity contribution in [3.8, 4) is 6.07 Å². The van der Waals surface area contributed by atoms with Gasteiger partial charge in [0.2, 0.25) is 5.91 Å². The highest BCUT2D eigenvalue weighted by molar-refractivity contribution is 5.88. The Kier molecular flexibility index (Phi) is 7.95. The molecule has 0 bridgehead atoms. The lowest BCUT2D eigenvalue weighted by molar-refractivity contribution is -0.124. The first-order chi connectivity index (χ1) is 14.4. The Morgan fingerprint density at radius 1 is 1.17 bits per heavy atom. The maximum atomic E-state index is 13.3. The second-order valence-corrected chi connectivity index (χ2v) is 9.34. The van der Waals surface area contributed by atoms with E-state index in [0.717, 1.165) is 19.4 Å². The average molecular weight is 420 g/mol. The van der Waals surface area contributed by atoms with Crippen LogP contribution in [0.2, 0.25) is 0 Å².